The van der Waals surface area contributed by atoms with Crippen LogP contribution in [0.5, 0.6) is 0 Å². The van der Waals surface area contributed by atoms with Crippen LogP contribution in [0.3, 0.4) is 0 Å². The van der Waals surface area contributed by atoms with Crippen molar-refractivity contribution in [1.29, 1.82) is 0 Å². The summed E-state index contributed by atoms with van der Waals surface area (Å²) in [6.07, 6.45) is 3.20. The summed E-state index contributed by atoms with van der Waals surface area (Å²) in [5, 5.41) is 5.10. The monoisotopic (exact) mass is 331 g/mol. The Morgan fingerprint density at radius 2 is 2.56 bits per heavy atom. The molecule has 1 amide bonds. The van der Waals surface area contributed by atoms with E-state index in [1.54, 1.807) is 18.4 Å². The van der Waals surface area contributed by atoms with Crippen molar-refractivity contribution in [2.75, 3.05) is 20.3 Å². The van der Waals surface area contributed by atoms with Crippen LogP contribution in [0, 0.1) is 0 Å². The highest BCUT2D eigenvalue weighted by Gasteiger charge is 2.27. The number of carbonyl (C=O) groups excluding carboxylic acids is 1. The third kappa shape index (κ3) is 3.33. The van der Waals surface area contributed by atoms with Gasteiger partial charge in [-0.1, -0.05) is 15.9 Å². The van der Waals surface area contributed by atoms with E-state index < -0.39 is 0 Å². The molecule has 2 atom stereocenters. The summed E-state index contributed by atoms with van der Waals surface area (Å²) in [6, 6.07) is 2.10. The van der Waals surface area contributed by atoms with Crippen LogP contribution in [0.2, 0.25) is 0 Å². The van der Waals surface area contributed by atoms with Crippen LogP contribution >= 0.6 is 27.3 Å². The van der Waals surface area contributed by atoms with Crippen molar-refractivity contribution in [3.05, 3.63) is 21.9 Å². The molecule has 2 rings (SSSR count). The van der Waals surface area contributed by atoms with E-state index in [4.69, 9.17) is 4.74 Å². The maximum Gasteiger partial charge on any atom is 0.227 e. The Morgan fingerprint density at radius 3 is 3.33 bits per heavy atom. The normalized spacial score (nSPS) is 20.2. The molecule has 1 aromatic heterocycles. The summed E-state index contributed by atoms with van der Waals surface area (Å²) >= 11 is 5.25. The molecule has 0 saturated carbocycles. The average Bonchev–Trinajstić information content (AvgIpc) is 2.84. The van der Waals surface area contributed by atoms with Crippen LogP contribution in [-0.2, 0) is 16.0 Å². The molecule has 1 heterocycles. The second-order valence-corrected chi connectivity index (χ2v) is 6.84. The van der Waals surface area contributed by atoms with Crippen molar-refractivity contribution in [3.8, 4) is 0 Å². The average molecular weight is 332 g/mol. The molecule has 1 aliphatic carbocycles. The van der Waals surface area contributed by atoms with E-state index in [1.165, 1.54) is 10.4 Å². The standard InChI is InChI=1S/C13H18BrNO2S/c1-17-8-9(14)7-15-13(16)11-3-2-4-12-10(11)5-6-18-12/h5-6,9,11H,2-4,7-8H2,1H3,(H,15,16). The van der Waals surface area contributed by atoms with Crippen molar-refractivity contribution in [1.82, 2.24) is 5.32 Å². The van der Waals surface area contributed by atoms with E-state index in [1.807, 2.05) is 0 Å². The predicted octanol–water partition coefficient (Wildman–Crippen LogP) is 2.69. The first-order chi connectivity index (χ1) is 8.72. The van der Waals surface area contributed by atoms with Gasteiger partial charge in [0.05, 0.1) is 17.4 Å². The predicted molar refractivity (Wildman–Crippen MR) is 77.6 cm³/mol. The molecule has 0 bridgehead atoms. The number of nitrogens with one attached hydrogen (secondary N) is 1. The molecule has 0 aromatic carbocycles. The minimum atomic E-state index is 0.0437. The molecule has 0 radical (unpaired) electrons. The molecule has 0 saturated heterocycles. The number of alkyl halides is 1. The van der Waals surface area contributed by atoms with Crippen LogP contribution in [-0.4, -0.2) is 31.0 Å². The summed E-state index contributed by atoms with van der Waals surface area (Å²) in [6.45, 7) is 1.22. The zero-order chi connectivity index (χ0) is 13.0. The third-order valence-corrected chi connectivity index (χ3v) is 4.80. The maximum atomic E-state index is 12.2. The number of fused-ring (bicyclic) bond motifs is 1. The van der Waals surface area contributed by atoms with Gasteiger partial charge in [0.25, 0.3) is 0 Å². The molecule has 0 spiro atoms. The molecular formula is C13H18BrNO2S. The first kappa shape index (κ1) is 14.0. The molecule has 18 heavy (non-hydrogen) atoms. The molecule has 1 N–H and O–H groups in total. The topological polar surface area (TPSA) is 38.3 Å². The van der Waals surface area contributed by atoms with Gasteiger partial charge in [0.2, 0.25) is 5.91 Å². The maximum absolute atomic E-state index is 12.2. The Balaban J connectivity index is 1.91. The molecular weight excluding hydrogens is 314 g/mol. The number of ether oxygens (including phenoxy) is 1. The van der Waals surface area contributed by atoms with Crippen molar-refractivity contribution in [3.63, 3.8) is 0 Å². The van der Waals surface area contributed by atoms with Gasteiger partial charge >= 0.3 is 0 Å². The third-order valence-electron chi connectivity index (χ3n) is 3.21. The number of carbonyl (C=O) groups is 1. The minimum Gasteiger partial charge on any atom is -0.383 e. The largest absolute Gasteiger partial charge is 0.383 e. The van der Waals surface area contributed by atoms with Crippen LogP contribution < -0.4 is 5.32 Å². The zero-order valence-corrected chi connectivity index (χ0v) is 12.9. The summed E-state index contributed by atoms with van der Waals surface area (Å²) in [5.74, 6) is 0.192. The highest BCUT2D eigenvalue weighted by molar-refractivity contribution is 9.09. The lowest BCUT2D eigenvalue weighted by Crippen LogP contribution is -2.35. The Hall–Kier alpha value is -0.390. The Bertz CT molecular complexity index is 407. The van der Waals surface area contributed by atoms with Crippen LogP contribution in [0.1, 0.15) is 29.2 Å². The molecule has 0 aliphatic heterocycles. The molecule has 3 nitrogen and oxygen atoms in total. The van der Waals surface area contributed by atoms with Crippen LogP contribution in [0.25, 0.3) is 0 Å². The smallest absolute Gasteiger partial charge is 0.227 e. The number of thiophene rings is 1. The number of amides is 1. The van der Waals surface area contributed by atoms with Gasteiger partial charge in [-0.2, -0.15) is 0 Å². The summed E-state index contributed by atoms with van der Waals surface area (Å²) in [4.78, 5) is 13.8. The molecule has 1 aliphatic rings. The quantitative estimate of drug-likeness (QED) is 0.842. The Labute approximate surface area is 120 Å². The molecule has 5 heteroatoms. The van der Waals surface area contributed by atoms with E-state index in [9.17, 15) is 4.79 Å². The molecule has 100 valence electrons. The van der Waals surface area contributed by atoms with Gasteiger partial charge < -0.3 is 10.1 Å². The van der Waals surface area contributed by atoms with Crippen molar-refractivity contribution >= 4 is 33.2 Å². The lowest BCUT2D eigenvalue weighted by atomic mass is 9.87. The van der Waals surface area contributed by atoms with Gasteiger partial charge in [-0.3, -0.25) is 4.79 Å². The highest BCUT2D eigenvalue weighted by Crippen LogP contribution is 2.34. The Kier molecular flexibility index (Phi) is 5.21. The van der Waals surface area contributed by atoms with E-state index in [-0.39, 0.29) is 16.7 Å². The first-order valence-corrected chi connectivity index (χ1v) is 7.99. The second-order valence-electron chi connectivity index (χ2n) is 4.54. The van der Waals surface area contributed by atoms with Crippen molar-refractivity contribution in [2.45, 2.75) is 30.0 Å². The number of hydrogen-bond donors (Lipinski definition) is 1. The second kappa shape index (κ2) is 6.68. The Morgan fingerprint density at radius 1 is 1.72 bits per heavy atom. The number of hydrogen-bond acceptors (Lipinski definition) is 3. The molecule has 0 fully saturated rings. The van der Waals surface area contributed by atoms with Crippen LogP contribution in [0.4, 0.5) is 0 Å². The molecule has 1 aromatic rings. The lowest BCUT2D eigenvalue weighted by molar-refractivity contribution is -0.122. The first-order valence-electron chi connectivity index (χ1n) is 6.19. The van der Waals surface area contributed by atoms with Gasteiger partial charge in [-0.25, -0.2) is 0 Å². The fraction of sp³-hybridized carbons (Fsp3) is 0.615. The van der Waals surface area contributed by atoms with Crippen molar-refractivity contribution < 1.29 is 9.53 Å². The molecule has 2 unspecified atom stereocenters. The van der Waals surface area contributed by atoms with E-state index in [0.29, 0.717) is 13.2 Å². The van der Waals surface area contributed by atoms with Gasteiger partial charge in [0, 0.05) is 18.5 Å². The summed E-state index contributed by atoms with van der Waals surface area (Å²) in [7, 11) is 1.66. The number of halogens is 1. The summed E-state index contributed by atoms with van der Waals surface area (Å²) in [5.41, 5.74) is 1.24. The number of aryl methyl sites for hydroxylation is 1. The van der Waals surface area contributed by atoms with E-state index in [2.05, 4.69) is 32.7 Å². The zero-order valence-electron chi connectivity index (χ0n) is 10.4. The van der Waals surface area contributed by atoms with Crippen molar-refractivity contribution in [2.24, 2.45) is 0 Å². The number of methoxy groups -OCH3 is 1. The van der Waals surface area contributed by atoms with Gasteiger partial charge in [0.15, 0.2) is 0 Å². The van der Waals surface area contributed by atoms with Gasteiger partial charge in [0.1, 0.15) is 0 Å². The fourth-order valence-corrected chi connectivity index (χ4v) is 3.75. The van der Waals surface area contributed by atoms with E-state index in [0.717, 1.165) is 19.3 Å². The summed E-state index contributed by atoms with van der Waals surface area (Å²) < 4.78 is 5.03. The lowest BCUT2D eigenvalue weighted by Gasteiger charge is -2.22. The highest BCUT2D eigenvalue weighted by atomic mass is 79.9. The SMILES string of the molecule is COCC(Br)CNC(=O)C1CCCc2sccc21. The van der Waals surface area contributed by atoms with Crippen LogP contribution in [0.15, 0.2) is 11.4 Å². The fourth-order valence-electron chi connectivity index (χ4n) is 2.33. The minimum absolute atomic E-state index is 0.0437. The van der Waals surface area contributed by atoms with Gasteiger partial charge in [-0.05, 0) is 36.3 Å². The van der Waals surface area contributed by atoms with E-state index >= 15 is 0 Å². The van der Waals surface area contributed by atoms with Gasteiger partial charge in [-0.15, -0.1) is 11.3 Å². The number of rotatable bonds is 5.